The molecule has 5 rings (SSSR count). The molecule has 1 saturated heterocycles. The van der Waals surface area contributed by atoms with Crippen LogP contribution in [0.25, 0.3) is 0 Å². The number of rotatable bonds is 6. The van der Waals surface area contributed by atoms with Crippen molar-refractivity contribution in [3.8, 4) is 5.75 Å². The van der Waals surface area contributed by atoms with Crippen molar-refractivity contribution in [2.24, 2.45) is 23.7 Å². The molecule has 0 radical (unpaired) electrons. The average molecular weight is 410 g/mol. The molecule has 0 N–H and O–H groups in total. The standard InChI is InChI=1S/C22H18O8/c23-15(11-3-5-13(6-4-11)29-20(24)16-2-1-7-27-16)10-28-21(25)18-12-8-14-17(9-12)30-22(26)19(14)18/h1-7,12,14,17-19H,8-10H2/t12-,14+,17-,18-,19+/m1/s1. The van der Waals surface area contributed by atoms with Gasteiger partial charge in [-0.15, -0.1) is 0 Å². The normalized spacial score (nSPS) is 28.3. The molecular formula is C22H18O8. The SMILES string of the molecule is O=C(COC(=O)[C@@H]1[C@@H]2C[C@@H]3[C@@H]1C(=O)O[C@@H]3C2)c1ccc(OC(=O)c2ccco2)cc1. The molecule has 5 atom stereocenters. The third-order valence-corrected chi connectivity index (χ3v) is 6.21. The van der Waals surface area contributed by atoms with Gasteiger partial charge in [-0.25, -0.2) is 4.79 Å². The minimum absolute atomic E-state index is 0.0569. The van der Waals surface area contributed by atoms with Gasteiger partial charge in [0.15, 0.2) is 12.4 Å². The maximum atomic E-state index is 12.5. The van der Waals surface area contributed by atoms with Crippen LogP contribution in [-0.4, -0.2) is 36.4 Å². The highest BCUT2D eigenvalue weighted by atomic mass is 16.6. The van der Waals surface area contributed by atoms with Crippen molar-refractivity contribution in [1.82, 2.24) is 0 Å². The van der Waals surface area contributed by atoms with Gasteiger partial charge in [0.1, 0.15) is 11.9 Å². The van der Waals surface area contributed by atoms with Crippen molar-refractivity contribution < 1.29 is 37.8 Å². The van der Waals surface area contributed by atoms with Gasteiger partial charge >= 0.3 is 17.9 Å². The molecule has 2 heterocycles. The van der Waals surface area contributed by atoms with Crippen LogP contribution >= 0.6 is 0 Å². The Morgan fingerprint density at radius 2 is 1.87 bits per heavy atom. The number of ketones is 1. The van der Waals surface area contributed by atoms with E-state index in [0.717, 1.165) is 6.42 Å². The van der Waals surface area contributed by atoms with Gasteiger partial charge in [0.25, 0.3) is 0 Å². The number of esters is 3. The van der Waals surface area contributed by atoms with E-state index in [1.54, 1.807) is 6.07 Å². The maximum Gasteiger partial charge on any atom is 0.379 e. The summed E-state index contributed by atoms with van der Waals surface area (Å²) in [7, 11) is 0. The van der Waals surface area contributed by atoms with Crippen LogP contribution in [0.4, 0.5) is 0 Å². The summed E-state index contributed by atoms with van der Waals surface area (Å²) in [5, 5.41) is 0. The Kier molecular flexibility index (Phi) is 4.42. The van der Waals surface area contributed by atoms with E-state index in [0.29, 0.717) is 12.0 Å². The van der Waals surface area contributed by atoms with Gasteiger partial charge in [-0.1, -0.05) is 0 Å². The molecule has 8 nitrogen and oxygen atoms in total. The molecule has 2 bridgehead atoms. The van der Waals surface area contributed by atoms with E-state index in [2.05, 4.69) is 0 Å². The highest BCUT2D eigenvalue weighted by Gasteiger charge is 2.64. The molecule has 3 aliphatic rings. The Bertz CT molecular complexity index is 1000. The number of carbonyl (C=O) groups excluding carboxylic acids is 4. The molecule has 3 fully saturated rings. The lowest BCUT2D eigenvalue weighted by molar-refractivity contribution is -0.154. The Hall–Kier alpha value is -3.42. The number of benzene rings is 1. The fourth-order valence-electron chi connectivity index (χ4n) is 4.90. The zero-order chi connectivity index (χ0) is 20.8. The maximum absolute atomic E-state index is 12.5. The van der Waals surface area contributed by atoms with Crippen molar-refractivity contribution in [3.63, 3.8) is 0 Å². The van der Waals surface area contributed by atoms with E-state index in [9.17, 15) is 19.2 Å². The number of hydrogen-bond donors (Lipinski definition) is 0. The van der Waals surface area contributed by atoms with E-state index in [4.69, 9.17) is 18.6 Å². The third kappa shape index (κ3) is 3.08. The van der Waals surface area contributed by atoms with Gasteiger partial charge in [-0.2, -0.15) is 0 Å². The van der Waals surface area contributed by atoms with Gasteiger partial charge in [-0.05, 0) is 55.2 Å². The van der Waals surface area contributed by atoms with Crippen LogP contribution in [0.15, 0.2) is 47.1 Å². The first-order valence-electron chi connectivity index (χ1n) is 9.77. The average Bonchev–Trinajstić information content (AvgIpc) is 3.49. The second-order valence-corrected chi connectivity index (χ2v) is 7.84. The molecule has 2 aromatic rings. The number of ether oxygens (including phenoxy) is 3. The van der Waals surface area contributed by atoms with Crippen molar-refractivity contribution in [3.05, 3.63) is 54.0 Å². The van der Waals surface area contributed by atoms with Crippen LogP contribution in [0.3, 0.4) is 0 Å². The Balaban J connectivity index is 1.16. The number of Topliss-reactive ketones (excluding diaryl/α,β-unsaturated/α-hetero) is 1. The summed E-state index contributed by atoms with van der Waals surface area (Å²) in [5.74, 6) is -2.30. The van der Waals surface area contributed by atoms with E-state index in [1.165, 1.54) is 36.6 Å². The monoisotopic (exact) mass is 410 g/mol. The Labute approximate surface area is 171 Å². The highest BCUT2D eigenvalue weighted by Crippen LogP contribution is 2.57. The largest absolute Gasteiger partial charge is 0.462 e. The fraction of sp³-hybridized carbons (Fsp3) is 0.364. The third-order valence-electron chi connectivity index (χ3n) is 6.21. The summed E-state index contributed by atoms with van der Waals surface area (Å²) in [4.78, 5) is 48.8. The molecule has 1 aliphatic heterocycles. The second kappa shape index (κ2) is 7.12. The highest BCUT2D eigenvalue weighted by molar-refractivity contribution is 5.98. The van der Waals surface area contributed by atoms with Crippen molar-refractivity contribution in [1.29, 1.82) is 0 Å². The molecule has 1 aromatic carbocycles. The van der Waals surface area contributed by atoms with Gasteiger partial charge in [0, 0.05) is 11.5 Å². The molecule has 0 spiro atoms. The fourth-order valence-corrected chi connectivity index (χ4v) is 4.90. The molecule has 0 amide bonds. The molecule has 1 aromatic heterocycles. The first-order chi connectivity index (χ1) is 14.5. The van der Waals surface area contributed by atoms with Crippen LogP contribution in [0.5, 0.6) is 5.75 Å². The molecule has 0 unspecified atom stereocenters. The lowest BCUT2D eigenvalue weighted by Gasteiger charge is -2.22. The number of carbonyl (C=O) groups is 4. The smallest absolute Gasteiger partial charge is 0.379 e. The predicted octanol–water partition coefficient (Wildman–Crippen LogP) is 2.42. The molecule has 30 heavy (non-hydrogen) atoms. The summed E-state index contributed by atoms with van der Waals surface area (Å²) in [6, 6.07) is 8.97. The second-order valence-electron chi connectivity index (χ2n) is 7.84. The summed E-state index contributed by atoms with van der Waals surface area (Å²) in [5.41, 5.74) is 0.314. The summed E-state index contributed by atoms with van der Waals surface area (Å²) >= 11 is 0. The van der Waals surface area contributed by atoms with Crippen LogP contribution in [-0.2, 0) is 19.1 Å². The van der Waals surface area contributed by atoms with Gasteiger partial charge in [0.2, 0.25) is 5.76 Å². The van der Waals surface area contributed by atoms with Crippen molar-refractivity contribution in [2.75, 3.05) is 6.61 Å². The van der Waals surface area contributed by atoms with Crippen molar-refractivity contribution >= 4 is 23.7 Å². The molecule has 2 saturated carbocycles. The van der Waals surface area contributed by atoms with Gasteiger partial charge < -0.3 is 18.6 Å². The lowest BCUT2D eigenvalue weighted by atomic mass is 9.80. The topological polar surface area (TPSA) is 109 Å². The van der Waals surface area contributed by atoms with E-state index in [-0.39, 0.29) is 41.2 Å². The van der Waals surface area contributed by atoms with Crippen LogP contribution in [0, 0.1) is 23.7 Å². The summed E-state index contributed by atoms with van der Waals surface area (Å²) in [6.45, 7) is -0.413. The minimum atomic E-state index is -0.647. The number of fused-ring (bicyclic) bond motifs is 1. The van der Waals surface area contributed by atoms with E-state index in [1.807, 2.05) is 0 Å². The summed E-state index contributed by atoms with van der Waals surface area (Å²) < 4.78 is 20.7. The van der Waals surface area contributed by atoms with Crippen molar-refractivity contribution in [2.45, 2.75) is 18.9 Å². The van der Waals surface area contributed by atoms with Crippen LogP contribution < -0.4 is 4.74 Å². The Morgan fingerprint density at radius 1 is 1.07 bits per heavy atom. The predicted molar refractivity (Wildman–Crippen MR) is 98.5 cm³/mol. The first-order valence-corrected chi connectivity index (χ1v) is 9.77. The quantitative estimate of drug-likeness (QED) is 0.406. The zero-order valence-electron chi connectivity index (χ0n) is 15.8. The van der Waals surface area contributed by atoms with E-state index >= 15 is 0 Å². The molecule has 2 aliphatic carbocycles. The number of furan rings is 1. The molecule has 8 heteroatoms. The first kappa shape index (κ1) is 18.6. The zero-order valence-corrected chi connectivity index (χ0v) is 15.8. The van der Waals surface area contributed by atoms with E-state index < -0.39 is 30.4 Å². The number of hydrogen-bond acceptors (Lipinski definition) is 8. The Morgan fingerprint density at radius 3 is 2.60 bits per heavy atom. The van der Waals surface area contributed by atoms with Gasteiger partial charge in [0.05, 0.1) is 18.1 Å². The lowest BCUT2D eigenvalue weighted by Crippen LogP contribution is -2.34. The van der Waals surface area contributed by atoms with Gasteiger partial charge in [-0.3, -0.25) is 14.4 Å². The summed E-state index contributed by atoms with van der Waals surface area (Å²) in [6.07, 6.45) is 2.80. The molecule has 154 valence electrons. The minimum Gasteiger partial charge on any atom is -0.462 e. The van der Waals surface area contributed by atoms with Crippen LogP contribution in [0.2, 0.25) is 0 Å². The van der Waals surface area contributed by atoms with Crippen LogP contribution in [0.1, 0.15) is 33.8 Å². The molecular weight excluding hydrogens is 392 g/mol.